The van der Waals surface area contributed by atoms with Gasteiger partial charge in [0.25, 0.3) is 0 Å². The van der Waals surface area contributed by atoms with Crippen molar-refractivity contribution in [1.82, 2.24) is 4.98 Å². The van der Waals surface area contributed by atoms with Crippen LogP contribution in [-0.2, 0) is 11.2 Å². The fourth-order valence-corrected chi connectivity index (χ4v) is 4.60. The molecule has 130 valence electrons. The molecule has 5 nitrogen and oxygen atoms in total. The van der Waals surface area contributed by atoms with Crippen molar-refractivity contribution in [2.75, 3.05) is 0 Å². The van der Waals surface area contributed by atoms with Crippen molar-refractivity contribution in [3.05, 3.63) is 59.9 Å². The molecule has 26 heavy (non-hydrogen) atoms. The number of hydrogen-bond acceptors (Lipinski definition) is 4. The summed E-state index contributed by atoms with van der Waals surface area (Å²) in [5.41, 5.74) is 3.01. The van der Waals surface area contributed by atoms with Crippen LogP contribution in [0, 0.1) is 0 Å². The quantitative estimate of drug-likeness (QED) is 0.727. The van der Waals surface area contributed by atoms with E-state index in [1.165, 1.54) is 11.8 Å². The van der Waals surface area contributed by atoms with Gasteiger partial charge in [0.05, 0.1) is 5.56 Å². The highest BCUT2D eigenvalue weighted by molar-refractivity contribution is 8.00. The van der Waals surface area contributed by atoms with Gasteiger partial charge in [0.1, 0.15) is 5.25 Å². The van der Waals surface area contributed by atoms with E-state index in [9.17, 15) is 19.8 Å². The van der Waals surface area contributed by atoms with Crippen molar-refractivity contribution >= 4 is 34.5 Å². The molecular formula is C20H15NO4S. The first-order chi connectivity index (χ1) is 12.6. The number of fused-ring (bicyclic) bond motifs is 2. The number of carboxylic acids is 2. The van der Waals surface area contributed by atoms with Crippen molar-refractivity contribution < 1.29 is 19.8 Å². The number of aromatic carboxylic acids is 1. The molecule has 0 saturated carbocycles. The minimum atomic E-state index is -0.971. The largest absolute Gasteiger partial charge is 0.480 e. The molecule has 0 bridgehead atoms. The molecule has 2 heterocycles. The number of benzene rings is 2. The number of pyridine rings is 1. The molecule has 1 unspecified atom stereocenters. The van der Waals surface area contributed by atoms with Gasteiger partial charge in [0, 0.05) is 22.9 Å². The number of thioether (sulfide) groups is 1. The lowest BCUT2D eigenvalue weighted by atomic mass is 9.94. The fourth-order valence-electron chi connectivity index (χ4n) is 3.38. The standard InChI is InChI=1S/C20H15NO4S/c22-19(23)15-7-6-14(12-3-1-2-4-13(12)15)16-10-21-9-11-5-8-17(20(24)25)26-18(11)16/h1-4,6-7,9-10,17H,5,8H2,(H,22,23)(H,24,25). The lowest BCUT2D eigenvalue weighted by Gasteiger charge is -2.23. The Morgan fingerprint density at radius 2 is 1.77 bits per heavy atom. The van der Waals surface area contributed by atoms with E-state index in [4.69, 9.17) is 0 Å². The fraction of sp³-hybridized carbons (Fsp3) is 0.150. The zero-order valence-electron chi connectivity index (χ0n) is 13.7. The van der Waals surface area contributed by atoms with Crippen LogP contribution in [0.2, 0.25) is 0 Å². The third-order valence-electron chi connectivity index (χ3n) is 4.63. The molecule has 2 N–H and O–H groups in total. The summed E-state index contributed by atoms with van der Waals surface area (Å²) in [5, 5.41) is 19.8. The first-order valence-electron chi connectivity index (χ1n) is 8.18. The maximum Gasteiger partial charge on any atom is 0.336 e. The smallest absolute Gasteiger partial charge is 0.336 e. The van der Waals surface area contributed by atoms with Gasteiger partial charge in [0.2, 0.25) is 0 Å². The maximum atomic E-state index is 11.5. The normalized spacial score (nSPS) is 16.2. The molecule has 1 atom stereocenters. The van der Waals surface area contributed by atoms with Crippen molar-refractivity contribution in [2.24, 2.45) is 0 Å². The van der Waals surface area contributed by atoms with Crippen molar-refractivity contribution in [3.63, 3.8) is 0 Å². The molecule has 1 aliphatic heterocycles. The van der Waals surface area contributed by atoms with Crippen LogP contribution in [0.3, 0.4) is 0 Å². The average molecular weight is 365 g/mol. The number of aryl methyl sites for hydroxylation is 1. The summed E-state index contributed by atoms with van der Waals surface area (Å²) in [6.45, 7) is 0. The van der Waals surface area contributed by atoms with E-state index in [0.29, 0.717) is 18.2 Å². The predicted octanol–water partition coefficient (Wildman–Crippen LogP) is 4.09. The second-order valence-electron chi connectivity index (χ2n) is 6.17. The third kappa shape index (κ3) is 2.72. The van der Waals surface area contributed by atoms with E-state index in [1.807, 2.05) is 18.2 Å². The summed E-state index contributed by atoms with van der Waals surface area (Å²) < 4.78 is 0. The number of carbonyl (C=O) groups is 2. The van der Waals surface area contributed by atoms with E-state index >= 15 is 0 Å². The van der Waals surface area contributed by atoms with Crippen molar-refractivity contribution in [1.29, 1.82) is 0 Å². The highest BCUT2D eigenvalue weighted by Gasteiger charge is 2.28. The molecule has 1 aliphatic rings. The van der Waals surface area contributed by atoms with Crippen LogP contribution < -0.4 is 0 Å². The van der Waals surface area contributed by atoms with E-state index in [2.05, 4.69) is 4.98 Å². The molecule has 0 spiro atoms. The van der Waals surface area contributed by atoms with Gasteiger partial charge in [-0.2, -0.15) is 0 Å². The Labute approximate surface area is 153 Å². The topological polar surface area (TPSA) is 87.5 Å². The Morgan fingerprint density at radius 1 is 1.00 bits per heavy atom. The Balaban J connectivity index is 1.94. The van der Waals surface area contributed by atoms with Gasteiger partial charge in [-0.25, -0.2) is 4.79 Å². The lowest BCUT2D eigenvalue weighted by Crippen LogP contribution is -2.21. The summed E-state index contributed by atoms with van der Waals surface area (Å²) in [5.74, 6) is -1.78. The lowest BCUT2D eigenvalue weighted by molar-refractivity contribution is -0.136. The van der Waals surface area contributed by atoms with Crippen LogP contribution in [0.4, 0.5) is 0 Å². The Morgan fingerprint density at radius 3 is 2.50 bits per heavy atom. The van der Waals surface area contributed by atoms with Crippen LogP contribution in [0.5, 0.6) is 0 Å². The maximum absolute atomic E-state index is 11.5. The Hall–Kier alpha value is -2.86. The van der Waals surface area contributed by atoms with E-state index in [0.717, 1.165) is 27.0 Å². The van der Waals surface area contributed by atoms with Crippen LogP contribution in [0.1, 0.15) is 22.3 Å². The Kier molecular flexibility index (Phi) is 4.12. The van der Waals surface area contributed by atoms with Crippen LogP contribution >= 0.6 is 11.8 Å². The first-order valence-corrected chi connectivity index (χ1v) is 9.06. The number of aromatic nitrogens is 1. The summed E-state index contributed by atoms with van der Waals surface area (Å²) >= 11 is 1.35. The molecule has 0 aliphatic carbocycles. The zero-order chi connectivity index (χ0) is 18.3. The molecular weight excluding hydrogens is 350 g/mol. The first kappa shape index (κ1) is 16.6. The highest BCUT2D eigenvalue weighted by atomic mass is 32.2. The van der Waals surface area contributed by atoms with Crippen LogP contribution in [-0.4, -0.2) is 32.4 Å². The second kappa shape index (κ2) is 6.46. The zero-order valence-corrected chi connectivity index (χ0v) is 14.5. The minimum absolute atomic E-state index is 0.248. The molecule has 0 radical (unpaired) electrons. The van der Waals surface area contributed by atoms with Crippen LogP contribution in [0.15, 0.2) is 53.7 Å². The monoisotopic (exact) mass is 365 g/mol. The van der Waals surface area contributed by atoms with Gasteiger partial charge >= 0.3 is 11.9 Å². The van der Waals surface area contributed by atoms with Gasteiger partial charge in [0.15, 0.2) is 0 Å². The number of aliphatic carboxylic acids is 1. The third-order valence-corrected chi connectivity index (χ3v) is 6.07. The number of carboxylic acid groups (broad SMARTS) is 2. The van der Waals surface area contributed by atoms with Gasteiger partial charge < -0.3 is 10.2 Å². The summed E-state index contributed by atoms with van der Waals surface area (Å²) in [6.07, 6.45) is 4.78. The molecule has 0 fully saturated rings. The molecule has 2 aromatic carbocycles. The number of rotatable bonds is 3. The second-order valence-corrected chi connectivity index (χ2v) is 7.38. The molecule has 4 rings (SSSR count). The van der Waals surface area contributed by atoms with Gasteiger partial charge in [-0.15, -0.1) is 11.8 Å². The number of hydrogen-bond donors (Lipinski definition) is 2. The van der Waals surface area contributed by atoms with E-state index < -0.39 is 17.2 Å². The molecule has 0 saturated heterocycles. The SMILES string of the molecule is O=C(O)c1ccc(-c2cncc3c2SC(C(=O)O)CC3)c2ccccc12. The molecule has 6 heteroatoms. The van der Waals surface area contributed by atoms with Crippen molar-refractivity contribution in [3.8, 4) is 11.1 Å². The summed E-state index contributed by atoms with van der Waals surface area (Å²) in [7, 11) is 0. The van der Waals surface area contributed by atoms with E-state index in [-0.39, 0.29) is 5.56 Å². The molecule has 1 aromatic heterocycles. The average Bonchev–Trinajstić information content (AvgIpc) is 2.66. The van der Waals surface area contributed by atoms with Crippen molar-refractivity contribution in [2.45, 2.75) is 23.0 Å². The van der Waals surface area contributed by atoms with Gasteiger partial charge in [-0.1, -0.05) is 30.3 Å². The van der Waals surface area contributed by atoms with E-state index in [1.54, 1.807) is 30.6 Å². The Bertz CT molecular complexity index is 1050. The highest BCUT2D eigenvalue weighted by Crippen LogP contribution is 2.43. The van der Waals surface area contributed by atoms with Gasteiger partial charge in [-0.05, 0) is 40.8 Å². The number of nitrogens with zero attached hydrogens (tertiary/aromatic N) is 1. The molecule has 0 amide bonds. The summed E-state index contributed by atoms with van der Waals surface area (Å²) in [4.78, 5) is 28.2. The summed E-state index contributed by atoms with van der Waals surface area (Å²) in [6, 6.07) is 10.7. The van der Waals surface area contributed by atoms with Crippen LogP contribution in [0.25, 0.3) is 21.9 Å². The van der Waals surface area contributed by atoms with Gasteiger partial charge in [-0.3, -0.25) is 9.78 Å². The predicted molar refractivity (Wildman–Crippen MR) is 99.7 cm³/mol. The molecule has 3 aromatic rings. The minimum Gasteiger partial charge on any atom is -0.480 e.